The van der Waals surface area contributed by atoms with Crippen LogP contribution in [0.25, 0.3) is 0 Å². The molecule has 0 saturated carbocycles. The van der Waals surface area contributed by atoms with Gasteiger partial charge in [-0.05, 0) is 30.2 Å². The molecule has 1 unspecified atom stereocenters. The maximum absolute atomic E-state index is 12.4. The van der Waals surface area contributed by atoms with Crippen molar-refractivity contribution >= 4 is 17.5 Å². The highest BCUT2D eigenvalue weighted by Crippen LogP contribution is 2.23. The summed E-state index contributed by atoms with van der Waals surface area (Å²) in [6.07, 6.45) is 0.580. The molecule has 0 radical (unpaired) electrons. The maximum atomic E-state index is 12.4. The number of halogens is 1. The van der Waals surface area contributed by atoms with Crippen LogP contribution in [0.2, 0.25) is 5.02 Å². The van der Waals surface area contributed by atoms with Crippen LogP contribution in [0.4, 0.5) is 0 Å². The van der Waals surface area contributed by atoms with Gasteiger partial charge < -0.3 is 15.2 Å². The van der Waals surface area contributed by atoms with Crippen LogP contribution in [-0.4, -0.2) is 31.3 Å². The Hall–Kier alpha value is -2.04. The summed E-state index contributed by atoms with van der Waals surface area (Å²) in [7, 11) is 1.51. The quantitative estimate of drug-likeness (QED) is 0.817. The Balaban J connectivity index is 2.09. The number of hydrogen-bond donors (Lipinski definition) is 2. The minimum atomic E-state index is -0.247. The van der Waals surface area contributed by atoms with Gasteiger partial charge in [-0.3, -0.25) is 4.79 Å². The summed E-state index contributed by atoms with van der Waals surface area (Å²) in [5.74, 6) is 0.281. The molecule has 1 atom stereocenters. The number of aliphatic hydroxyl groups excluding tert-OH is 1. The fraction of sp³-hybridized carbons (Fsp3) is 0.278. The predicted molar refractivity (Wildman–Crippen MR) is 91.2 cm³/mol. The highest BCUT2D eigenvalue weighted by Gasteiger charge is 2.16. The fourth-order valence-electron chi connectivity index (χ4n) is 2.44. The second kappa shape index (κ2) is 8.56. The van der Waals surface area contributed by atoms with Crippen LogP contribution in [0, 0.1) is 0 Å². The zero-order chi connectivity index (χ0) is 16.7. The van der Waals surface area contributed by atoms with Gasteiger partial charge in [-0.15, -0.1) is 0 Å². The average molecular weight is 334 g/mol. The summed E-state index contributed by atoms with van der Waals surface area (Å²) in [5, 5.41) is 12.6. The van der Waals surface area contributed by atoms with Crippen LogP contribution < -0.4 is 10.1 Å². The molecule has 0 spiro atoms. The molecule has 0 aliphatic heterocycles. The number of hydrogen-bond acceptors (Lipinski definition) is 3. The summed E-state index contributed by atoms with van der Waals surface area (Å²) in [5.41, 5.74) is 1.48. The molecule has 1 amide bonds. The number of aliphatic hydroxyl groups is 1. The van der Waals surface area contributed by atoms with Gasteiger partial charge in [0.25, 0.3) is 5.91 Å². The van der Waals surface area contributed by atoms with Crippen molar-refractivity contribution in [1.82, 2.24) is 5.32 Å². The van der Waals surface area contributed by atoms with E-state index in [0.29, 0.717) is 29.3 Å². The number of rotatable bonds is 7. The van der Waals surface area contributed by atoms with Crippen LogP contribution in [0.5, 0.6) is 5.75 Å². The normalized spacial score (nSPS) is 11.8. The molecule has 0 aromatic heterocycles. The van der Waals surface area contributed by atoms with E-state index in [1.165, 1.54) is 7.11 Å². The van der Waals surface area contributed by atoms with Crippen LogP contribution in [0.1, 0.15) is 28.3 Å². The molecular formula is C18H20ClNO3. The van der Waals surface area contributed by atoms with Crippen molar-refractivity contribution in [2.24, 2.45) is 0 Å². The number of nitrogens with one attached hydrogen (secondary N) is 1. The minimum absolute atomic E-state index is 0.0512. The third kappa shape index (κ3) is 4.71. The molecule has 0 aliphatic rings. The van der Waals surface area contributed by atoms with Crippen molar-refractivity contribution < 1.29 is 14.6 Å². The largest absolute Gasteiger partial charge is 0.496 e. The molecule has 0 bridgehead atoms. The van der Waals surface area contributed by atoms with E-state index < -0.39 is 0 Å². The Morgan fingerprint density at radius 2 is 2.00 bits per heavy atom. The van der Waals surface area contributed by atoms with E-state index >= 15 is 0 Å². The molecule has 0 fully saturated rings. The summed E-state index contributed by atoms with van der Waals surface area (Å²) < 4.78 is 5.20. The standard InChI is InChI=1S/C18H20ClNO3/c1-23-17-8-7-15(19)11-16(17)18(22)20-12-14(9-10-21)13-5-3-2-4-6-13/h2-8,11,14,21H,9-10,12H2,1H3,(H,20,22). The molecule has 2 aromatic rings. The number of benzene rings is 2. The van der Waals surface area contributed by atoms with E-state index in [2.05, 4.69) is 5.32 Å². The van der Waals surface area contributed by atoms with Gasteiger partial charge in [-0.1, -0.05) is 41.9 Å². The molecule has 5 heteroatoms. The smallest absolute Gasteiger partial charge is 0.255 e. The highest BCUT2D eigenvalue weighted by atomic mass is 35.5. The Kier molecular flexibility index (Phi) is 6.44. The number of amides is 1. The lowest BCUT2D eigenvalue weighted by Crippen LogP contribution is -2.29. The first-order chi connectivity index (χ1) is 11.2. The van der Waals surface area contributed by atoms with Crippen molar-refractivity contribution in [1.29, 1.82) is 0 Å². The highest BCUT2D eigenvalue weighted by molar-refractivity contribution is 6.31. The first-order valence-electron chi connectivity index (χ1n) is 7.43. The SMILES string of the molecule is COc1ccc(Cl)cc1C(=O)NCC(CCO)c1ccccc1. The van der Waals surface area contributed by atoms with Crippen LogP contribution in [-0.2, 0) is 0 Å². The molecule has 2 N–H and O–H groups in total. The zero-order valence-electron chi connectivity index (χ0n) is 13.0. The summed E-state index contributed by atoms with van der Waals surface area (Å²) in [6, 6.07) is 14.7. The van der Waals surface area contributed by atoms with Crippen LogP contribution in [0.15, 0.2) is 48.5 Å². The van der Waals surface area contributed by atoms with Gasteiger partial charge >= 0.3 is 0 Å². The minimum Gasteiger partial charge on any atom is -0.496 e. The second-order valence-electron chi connectivity index (χ2n) is 5.17. The summed E-state index contributed by atoms with van der Waals surface area (Å²) >= 11 is 5.96. The molecule has 0 aliphatic carbocycles. The van der Waals surface area contributed by atoms with Crippen molar-refractivity contribution in [3.63, 3.8) is 0 Å². The van der Waals surface area contributed by atoms with E-state index in [1.54, 1.807) is 18.2 Å². The van der Waals surface area contributed by atoms with E-state index in [9.17, 15) is 9.90 Å². The lowest BCUT2D eigenvalue weighted by atomic mass is 9.96. The molecule has 0 heterocycles. The number of ether oxygens (including phenoxy) is 1. The third-order valence-corrected chi connectivity index (χ3v) is 3.90. The van der Waals surface area contributed by atoms with Gasteiger partial charge in [0.05, 0.1) is 12.7 Å². The lowest BCUT2D eigenvalue weighted by molar-refractivity contribution is 0.0946. The predicted octanol–water partition coefficient (Wildman–Crippen LogP) is 3.24. The molecule has 23 heavy (non-hydrogen) atoms. The summed E-state index contributed by atoms with van der Waals surface area (Å²) in [6.45, 7) is 0.495. The van der Waals surface area contributed by atoms with Gasteiger partial charge in [-0.25, -0.2) is 0 Å². The van der Waals surface area contributed by atoms with Gasteiger partial charge in [0.15, 0.2) is 0 Å². The topological polar surface area (TPSA) is 58.6 Å². The van der Waals surface area contributed by atoms with E-state index in [-0.39, 0.29) is 18.4 Å². The van der Waals surface area contributed by atoms with Crippen molar-refractivity contribution in [2.75, 3.05) is 20.3 Å². The molecule has 0 saturated heterocycles. The average Bonchev–Trinajstić information content (AvgIpc) is 2.59. The Morgan fingerprint density at radius 3 is 2.65 bits per heavy atom. The van der Waals surface area contributed by atoms with E-state index in [4.69, 9.17) is 16.3 Å². The Bertz CT molecular complexity index is 646. The first kappa shape index (κ1) is 17.3. The van der Waals surface area contributed by atoms with Crippen LogP contribution >= 0.6 is 11.6 Å². The Labute approximate surface area is 141 Å². The third-order valence-electron chi connectivity index (χ3n) is 3.66. The molecule has 122 valence electrons. The van der Waals surface area contributed by atoms with E-state index in [1.807, 2.05) is 30.3 Å². The van der Waals surface area contributed by atoms with Crippen molar-refractivity contribution in [3.8, 4) is 5.75 Å². The van der Waals surface area contributed by atoms with E-state index in [0.717, 1.165) is 5.56 Å². The molecular weight excluding hydrogens is 314 g/mol. The monoisotopic (exact) mass is 333 g/mol. The fourth-order valence-corrected chi connectivity index (χ4v) is 2.61. The number of carbonyl (C=O) groups is 1. The molecule has 2 aromatic carbocycles. The first-order valence-corrected chi connectivity index (χ1v) is 7.81. The van der Waals surface area contributed by atoms with Crippen molar-refractivity contribution in [2.45, 2.75) is 12.3 Å². The van der Waals surface area contributed by atoms with Gasteiger partial charge in [0.2, 0.25) is 0 Å². The van der Waals surface area contributed by atoms with Gasteiger partial charge in [0, 0.05) is 24.1 Å². The van der Waals surface area contributed by atoms with Crippen molar-refractivity contribution in [3.05, 3.63) is 64.7 Å². The maximum Gasteiger partial charge on any atom is 0.255 e. The van der Waals surface area contributed by atoms with Gasteiger partial charge in [0.1, 0.15) is 5.75 Å². The summed E-state index contributed by atoms with van der Waals surface area (Å²) in [4.78, 5) is 12.4. The molecule has 4 nitrogen and oxygen atoms in total. The van der Waals surface area contributed by atoms with Gasteiger partial charge in [-0.2, -0.15) is 0 Å². The zero-order valence-corrected chi connectivity index (χ0v) is 13.7. The number of methoxy groups -OCH3 is 1. The lowest BCUT2D eigenvalue weighted by Gasteiger charge is -2.18. The van der Waals surface area contributed by atoms with Crippen LogP contribution in [0.3, 0.4) is 0 Å². The Morgan fingerprint density at radius 1 is 1.26 bits per heavy atom. The second-order valence-corrected chi connectivity index (χ2v) is 5.61. The molecule has 2 rings (SSSR count). The number of carbonyl (C=O) groups excluding carboxylic acids is 1.